The Hall–Kier alpha value is -2.87. The molecule has 1 aromatic carbocycles. The van der Waals surface area contributed by atoms with E-state index < -0.39 is 23.4 Å². The zero-order chi connectivity index (χ0) is 23.3. The monoisotopic (exact) mass is 457 g/mol. The van der Waals surface area contributed by atoms with Crippen LogP contribution < -0.4 is 15.0 Å². The van der Waals surface area contributed by atoms with Gasteiger partial charge in [-0.3, -0.25) is 4.79 Å². The number of carbonyl (C=O) groups is 1. The smallest absolute Gasteiger partial charge is 0.343 e. The van der Waals surface area contributed by atoms with Crippen LogP contribution in [0, 0.1) is 17.7 Å². The molecule has 2 aliphatic heterocycles. The molecule has 2 fully saturated rings. The molecule has 5 rings (SSSR count). The molecule has 3 aliphatic rings. The molecule has 1 aromatic heterocycles. The molecule has 1 unspecified atom stereocenters. The van der Waals surface area contributed by atoms with E-state index in [2.05, 4.69) is 0 Å². The van der Waals surface area contributed by atoms with E-state index in [1.54, 1.807) is 23.6 Å². The van der Waals surface area contributed by atoms with Crippen LogP contribution in [0.1, 0.15) is 61.7 Å². The van der Waals surface area contributed by atoms with E-state index in [4.69, 9.17) is 18.9 Å². The zero-order valence-electron chi connectivity index (χ0n) is 19.1. The maximum atomic E-state index is 15.1. The number of pyridine rings is 1. The average Bonchev–Trinajstić information content (AvgIpc) is 3.57. The first kappa shape index (κ1) is 21.9. The number of hydrogen-bond donors (Lipinski definition) is 0. The molecule has 0 N–H and O–H groups in total. The van der Waals surface area contributed by atoms with Crippen LogP contribution in [0.15, 0.2) is 23.0 Å². The van der Waals surface area contributed by atoms with E-state index in [1.165, 1.54) is 6.07 Å². The van der Waals surface area contributed by atoms with Gasteiger partial charge >= 0.3 is 5.97 Å². The minimum Gasteiger partial charge on any atom is -0.490 e. The molecule has 0 bridgehead atoms. The topological polar surface area (TPSA) is 76.0 Å². The van der Waals surface area contributed by atoms with Gasteiger partial charge in [-0.25, -0.2) is 9.18 Å². The highest BCUT2D eigenvalue weighted by atomic mass is 19.1. The highest BCUT2D eigenvalue weighted by Crippen LogP contribution is 2.49. The third-order valence-corrected chi connectivity index (χ3v) is 6.31. The summed E-state index contributed by atoms with van der Waals surface area (Å²) < 4.78 is 39.0. The standard InChI is InChI=1S/C25H28FNO6/c1-4-31-25(29)18-7-17-22(27(24(18)28)15-5-6-15)16-8-19(26)21(32-12-14-10-30-11-14)9-20(16)33-23(17)13(2)3/h7-9,13-15,23H,4-6,10-12H2,1-3H3. The second-order valence-electron chi connectivity index (χ2n) is 9.26. The fourth-order valence-electron chi connectivity index (χ4n) is 4.41. The molecule has 0 spiro atoms. The van der Waals surface area contributed by atoms with Crippen molar-refractivity contribution in [3.63, 3.8) is 0 Å². The molecule has 1 saturated carbocycles. The molecule has 1 atom stereocenters. The van der Waals surface area contributed by atoms with Gasteiger partial charge in [-0.05, 0) is 37.8 Å². The molecular formula is C25H28FNO6. The van der Waals surface area contributed by atoms with Gasteiger partial charge in [0.15, 0.2) is 11.6 Å². The van der Waals surface area contributed by atoms with Crippen LogP contribution in [0.25, 0.3) is 11.3 Å². The minimum absolute atomic E-state index is 0.0108. The number of benzene rings is 1. The first-order chi connectivity index (χ1) is 15.9. The lowest BCUT2D eigenvalue weighted by Crippen LogP contribution is -2.33. The number of fused-ring (bicyclic) bond motifs is 3. The van der Waals surface area contributed by atoms with Crippen molar-refractivity contribution in [1.82, 2.24) is 4.57 Å². The zero-order valence-corrected chi connectivity index (χ0v) is 19.1. The number of halogens is 1. The Morgan fingerprint density at radius 3 is 2.61 bits per heavy atom. The summed E-state index contributed by atoms with van der Waals surface area (Å²) in [6.07, 6.45) is 1.24. The molecular weight excluding hydrogens is 429 g/mol. The lowest BCUT2D eigenvalue weighted by molar-refractivity contribution is -0.0513. The van der Waals surface area contributed by atoms with E-state index in [9.17, 15) is 9.59 Å². The fraction of sp³-hybridized carbons (Fsp3) is 0.520. The number of nitrogens with zero attached hydrogens (tertiary/aromatic N) is 1. The first-order valence-electron chi connectivity index (χ1n) is 11.6. The van der Waals surface area contributed by atoms with E-state index in [0.29, 0.717) is 42.4 Å². The van der Waals surface area contributed by atoms with Crippen molar-refractivity contribution < 1.29 is 28.1 Å². The van der Waals surface area contributed by atoms with Crippen molar-refractivity contribution in [2.24, 2.45) is 11.8 Å². The summed E-state index contributed by atoms with van der Waals surface area (Å²) in [5.41, 5.74) is 1.40. The molecule has 176 valence electrons. The van der Waals surface area contributed by atoms with Crippen molar-refractivity contribution >= 4 is 5.97 Å². The summed E-state index contributed by atoms with van der Waals surface area (Å²) >= 11 is 0. The predicted octanol–water partition coefficient (Wildman–Crippen LogP) is 4.28. The third kappa shape index (κ3) is 3.90. The van der Waals surface area contributed by atoms with Gasteiger partial charge in [0.05, 0.1) is 32.1 Å². The molecule has 1 aliphatic carbocycles. The normalized spacial score (nSPS) is 19.4. The van der Waals surface area contributed by atoms with Crippen molar-refractivity contribution in [2.75, 3.05) is 26.4 Å². The lowest BCUT2D eigenvalue weighted by atomic mass is 9.90. The van der Waals surface area contributed by atoms with Gasteiger partial charge in [0.25, 0.3) is 5.56 Å². The highest BCUT2D eigenvalue weighted by molar-refractivity contribution is 5.90. The molecule has 3 heterocycles. The molecule has 8 heteroatoms. The summed E-state index contributed by atoms with van der Waals surface area (Å²) in [6.45, 7) is 7.49. The van der Waals surface area contributed by atoms with Crippen LogP contribution in [-0.4, -0.2) is 37.0 Å². The van der Waals surface area contributed by atoms with E-state index in [1.807, 2.05) is 13.8 Å². The van der Waals surface area contributed by atoms with Gasteiger partial charge in [-0.15, -0.1) is 0 Å². The molecule has 1 saturated heterocycles. The molecule has 2 aromatic rings. The molecule has 0 radical (unpaired) electrons. The number of ether oxygens (including phenoxy) is 4. The van der Waals surface area contributed by atoms with Crippen LogP contribution >= 0.6 is 0 Å². The molecule has 0 amide bonds. The number of aromatic nitrogens is 1. The molecule has 7 nitrogen and oxygen atoms in total. The summed E-state index contributed by atoms with van der Waals surface area (Å²) in [6, 6.07) is 4.49. The Morgan fingerprint density at radius 2 is 2.00 bits per heavy atom. The summed E-state index contributed by atoms with van der Waals surface area (Å²) in [5, 5.41) is 0. The lowest BCUT2D eigenvalue weighted by Gasteiger charge is -2.33. The van der Waals surface area contributed by atoms with Crippen molar-refractivity contribution in [2.45, 2.75) is 45.8 Å². The quantitative estimate of drug-likeness (QED) is 0.578. The van der Waals surface area contributed by atoms with Gasteiger partial charge < -0.3 is 23.5 Å². The second-order valence-corrected chi connectivity index (χ2v) is 9.26. The Balaban J connectivity index is 1.66. The largest absolute Gasteiger partial charge is 0.490 e. The van der Waals surface area contributed by atoms with Gasteiger partial charge in [-0.2, -0.15) is 0 Å². The van der Waals surface area contributed by atoms with Gasteiger partial charge in [0, 0.05) is 29.2 Å². The number of esters is 1. The maximum Gasteiger partial charge on any atom is 0.343 e. The van der Waals surface area contributed by atoms with Crippen molar-refractivity contribution in [3.8, 4) is 22.8 Å². The van der Waals surface area contributed by atoms with E-state index >= 15 is 4.39 Å². The summed E-state index contributed by atoms with van der Waals surface area (Å²) in [5.74, 6) is -0.278. The number of carbonyl (C=O) groups excluding carboxylic acids is 1. The highest BCUT2D eigenvalue weighted by Gasteiger charge is 2.38. The Labute approximate surface area is 191 Å². The van der Waals surface area contributed by atoms with Crippen LogP contribution in [0.3, 0.4) is 0 Å². The number of rotatable bonds is 7. The van der Waals surface area contributed by atoms with Gasteiger partial charge in [0.1, 0.15) is 17.4 Å². The maximum absolute atomic E-state index is 15.1. The SMILES string of the molecule is CCOC(=O)c1cc2c(n(C3CC3)c1=O)-c1cc(F)c(OCC3COC3)cc1OC2C(C)C. The molecule has 33 heavy (non-hydrogen) atoms. The van der Waals surface area contributed by atoms with Crippen LogP contribution in [0.5, 0.6) is 11.5 Å². The Bertz CT molecular complexity index is 1150. The summed E-state index contributed by atoms with van der Waals surface area (Å²) in [7, 11) is 0. The predicted molar refractivity (Wildman–Crippen MR) is 118 cm³/mol. The summed E-state index contributed by atoms with van der Waals surface area (Å²) in [4.78, 5) is 25.9. The van der Waals surface area contributed by atoms with Crippen LogP contribution in [0.2, 0.25) is 0 Å². The third-order valence-electron chi connectivity index (χ3n) is 6.31. The van der Waals surface area contributed by atoms with Crippen LogP contribution in [0.4, 0.5) is 4.39 Å². The first-order valence-corrected chi connectivity index (χ1v) is 11.6. The fourth-order valence-corrected chi connectivity index (χ4v) is 4.41. The minimum atomic E-state index is -0.650. The number of hydrogen-bond acceptors (Lipinski definition) is 6. The second kappa shape index (κ2) is 8.48. The van der Waals surface area contributed by atoms with E-state index in [0.717, 1.165) is 12.8 Å². The van der Waals surface area contributed by atoms with Crippen molar-refractivity contribution in [1.29, 1.82) is 0 Å². The van der Waals surface area contributed by atoms with Crippen LogP contribution in [-0.2, 0) is 9.47 Å². The van der Waals surface area contributed by atoms with Crippen molar-refractivity contribution in [3.05, 3.63) is 45.5 Å². The average molecular weight is 457 g/mol. The Morgan fingerprint density at radius 1 is 1.24 bits per heavy atom. The van der Waals surface area contributed by atoms with Gasteiger partial charge in [-0.1, -0.05) is 13.8 Å². The van der Waals surface area contributed by atoms with E-state index in [-0.39, 0.29) is 35.8 Å². The van der Waals surface area contributed by atoms with Gasteiger partial charge in [0.2, 0.25) is 0 Å². The Kier molecular flexibility index (Phi) is 5.64.